The fraction of sp³-hybridized carbons (Fsp3) is 0.833. The van der Waals surface area contributed by atoms with Gasteiger partial charge in [-0.05, 0) is 38.5 Å². The van der Waals surface area contributed by atoms with Crippen molar-refractivity contribution in [2.24, 2.45) is 17.8 Å². The van der Waals surface area contributed by atoms with Crippen LogP contribution >= 0.6 is 0 Å². The highest BCUT2D eigenvalue weighted by Crippen LogP contribution is 2.53. The van der Waals surface area contributed by atoms with Crippen LogP contribution in [0.3, 0.4) is 0 Å². The van der Waals surface area contributed by atoms with Gasteiger partial charge in [-0.1, -0.05) is 0 Å². The molecule has 1 N–H and O–H groups in total. The zero-order chi connectivity index (χ0) is 12.8. The summed E-state index contributed by atoms with van der Waals surface area (Å²) in [5, 5.41) is 8.70. The summed E-state index contributed by atoms with van der Waals surface area (Å²) in [6.07, 6.45) is -0.0453. The van der Waals surface area contributed by atoms with Crippen molar-refractivity contribution in [3.63, 3.8) is 0 Å². The smallest absolute Gasteiger partial charge is 0.410 e. The molecular formula is C12H19NO4. The minimum absolute atomic E-state index is 0.234. The molecule has 0 spiro atoms. The van der Waals surface area contributed by atoms with Gasteiger partial charge in [0.15, 0.2) is 0 Å². The molecule has 0 aromatic rings. The van der Waals surface area contributed by atoms with E-state index in [1.807, 2.05) is 20.8 Å². The third-order valence-electron chi connectivity index (χ3n) is 3.43. The van der Waals surface area contributed by atoms with Crippen molar-refractivity contribution < 1.29 is 19.4 Å². The Morgan fingerprint density at radius 3 is 2.24 bits per heavy atom. The highest BCUT2D eigenvalue weighted by molar-refractivity contribution is 5.70. The molecular weight excluding hydrogens is 222 g/mol. The van der Waals surface area contributed by atoms with Crippen molar-refractivity contribution >= 4 is 12.1 Å². The lowest BCUT2D eigenvalue weighted by molar-refractivity contribution is -0.137. The molecule has 2 rings (SSSR count). The summed E-state index contributed by atoms with van der Waals surface area (Å²) in [6, 6.07) is 0. The van der Waals surface area contributed by atoms with Crippen LogP contribution in [0.15, 0.2) is 0 Å². The molecule has 5 heteroatoms. The van der Waals surface area contributed by atoms with E-state index in [1.54, 1.807) is 4.90 Å². The average Bonchev–Trinajstić information content (AvgIpc) is 2.59. The molecule has 0 bridgehead atoms. The van der Waals surface area contributed by atoms with Gasteiger partial charge in [0.25, 0.3) is 0 Å². The third kappa shape index (κ3) is 2.70. The maximum absolute atomic E-state index is 11.7. The number of hydrogen-bond acceptors (Lipinski definition) is 3. The van der Waals surface area contributed by atoms with Crippen LogP contribution in [0.4, 0.5) is 4.79 Å². The first-order chi connectivity index (χ1) is 7.78. The summed E-state index contributed by atoms with van der Waals surface area (Å²) in [5.74, 6) is 0.275. The second-order valence-electron chi connectivity index (χ2n) is 5.97. The lowest BCUT2D eigenvalue weighted by atomic mass is 10.2. The first kappa shape index (κ1) is 12.2. The van der Waals surface area contributed by atoms with E-state index in [-0.39, 0.29) is 18.4 Å². The van der Waals surface area contributed by atoms with Crippen molar-refractivity contribution in [1.82, 2.24) is 4.90 Å². The molecule has 1 saturated carbocycles. The van der Waals surface area contributed by atoms with E-state index in [9.17, 15) is 9.59 Å². The number of piperidine rings is 1. The molecule has 0 aromatic carbocycles. The normalized spacial score (nSPS) is 31.0. The van der Waals surface area contributed by atoms with Gasteiger partial charge < -0.3 is 14.7 Å². The summed E-state index contributed by atoms with van der Waals surface area (Å²) >= 11 is 0. The molecule has 1 heterocycles. The average molecular weight is 241 g/mol. The van der Waals surface area contributed by atoms with E-state index in [2.05, 4.69) is 0 Å². The lowest BCUT2D eigenvalue weighted by Gasteiger charge is -2.25. The second-order valence-corrected chi connectivity index (χ2v) is 5.97. The molecule has 3 atom stereocenters. The number of carboxylic acids is 1. The van der Waals surface area contributed by atoms with Crippen LogP contribution in [0.25, 0.3) is 0 Å². The molecule has 0 unspecified atom stereocenters. The van der Waals surface area contributed by atoms with E-state index in [0.29, 0.717) is 24.9 Å². The summed E-state index contributed by atoms with van der Waals surface area (Å²) in [6.45, 7) is 6.83. The van der Waals surface area contributed by atoms with E-state index in [1.165, 1.54) is 0 Å². The van der Waals surface area contributed by atoms with Gasteiger partial charge in [0.2, 0.25) is 0 Å². The first-order valence-corrected chi connectivity index (χ1v) is 5.97. The Labute approximate surface area is 101 Å². The number of carboxylic acid groups (broad SMARTS) is 1. The van der Waals surface area contributed by atoms with Gasteiger partial charge in [-0.2, -0.15) is 0 Å². The molecule has 17 heavy (non-hydrogen) atoms. The molecule has 2 fully saturated rings. The Balaban J connectivity index is 1.79. The van der Waals surface area contributed by atoms with Crippen LogP contribution in [0.2, 0.25) is 0 Å². The van der Waals surface area contributed by atoms with Crippen molar-refractivity contribution in [2.75, 3.05) is 13.1 Å². The van der Waals surface area contributed by atoms with Gasteiger partial charge in [0, 0.05) is 19.5 Å². The van der Waals surface area contributed by atoms with E-state index < -0.39 is 11.6 Å². The monoisotopic (exact) mass is 241 g/mol. The minimum Gasteiger partial charge on any atom is -0.481 e. The van der Waals surface area contributed by atoms with Crippen molar-refractivity contribution in [2.45, 2.75) is 32.8 Å². The van der Waals surface area contributed by atoms with Gasteiger partial charge in [-0.15, -0.1) is 0 Å². The molecule has 5 nitrogen and oxygen atoms in total. The van der Waals surface area contributed by atoms with Crippen LogP contribution < -0.4 is 0 Å². The van der Waals surface area contributed by atoms with Crippen molar-refractivity contribution in [3.05, 3.63) is 0 Å². The van der Waals surface area contributed by atoms with Crippen LogP contribution in [-0.2, 0) is 9.53 Å². The topological polar surface area (TPSA) is 66.8 Å². The van der Waals surface area contributed by atoms with Crippen LogP contribution in [-0.4, -0.2) is 40.8 Å². The lowest BCUT2D eigenvalue weighted by Crippen LogP contribution is -2.37. The SMILES string of the molecule is CC(C)(C)OC(=O)N1C[C@@H]2[C@@H](CC(=O)O)[C@@H]2C1. The first-order valence-electron chi connectivity index (χ1n) is 5.97. The fourth-order valence-corrected chi connectivity index (χ4v) is 2.63. The summed E-state index contributed by atoms with van der Waals surface area (Å²) in [7, 11) is 0. The summed E-state index contributed by atoms with van der Waals surface area (Å²) < 4.78 is 5.28. The highest BCUT2D eigenvalue weighted by Gasteiger charge is 2.57. The zero-order valence-corrected chi connectivity index (χ0v) is 10.5. The quantitative estimate of drug-likeness (QED) is 0.797. The third-order valence-corrected chi connectivity index (χ3v) is 3.43. The molecule has 1 aliphatic carbocycles. The molecule has 1 aliphatic heterocycles. The van der Waals surface area contributed by atoms with Crippen LogP contribution in [0.1, 0.15) is 27.2 Å². The van der Waals surface area contributed by atoms with Gasteiger partial charge in [-0.3, -0.25) is 4.79 Å². The predicted molar refractivity (Wildman–Crippen MR) is 60.5 cm³/mol. The Morgan fingerprint density at radius 2 is 1.82 bits per heavy atom. The zero-order valence-electron chi connectivity index (χ0n) is 10.5. The number of likely N-dealkylation sites (tertiary alicyclic amines) is 1. The van der Waals surface area contributed by atoms with E-state index in [4.69, 9.17) is 9.84 Å². The Kier molecular flexibility index (Phi) is 2.79. The minimum atomic E-state index is -0.742. The largest absolute Gasteiger partial charge is 0.481 e. The van der Waals surface area contributed by atoms with Gasteiger partial charge in [0.1, 0.15) is 5.60 Å². The van der Waals surface area contributed by atoms with E-state index >= 15 is 0 Å². The Morgan fingerprint density at radius 1 is 1.29 bits per heavy atom. The van der Waals surface area contributed by atoms with Crippen LogP contribution in [0, 0.1) is 17.8 Å². The van der Waals surface area contributed by atoms with Crippen molar-refractivity contribution in [3.8, 4) is 0 Å². The van der Waals surface area contributed by atoms with Crippen molar-refractivity contribution in [1.29, 1.82) is 0 Å². The number of hydrogen-bond donors (Lipinski definition) is 1. The number of nitrogens with zero attached hydrogens (tertiary/aromatic N) is 1. The number of carbonyl (C=O) groups is 2. The second kappa shape index (κ2) is 3.89. The predicted octanol–water partition coefficient (Wildman–Crippen LogP) is 1.57. The molecule has 1 saturated heterocycles. The van der Waals surface area contributed by atoms with Gasteiger partial charge >= 0.3 is 12.1 Å². The van der Waals surface area contributed by atoms with Gasteiger partial charge in [-0.25, -0.2) is 4.79 Å². The number of carbonyl (C=O) groups excluding carboxylic acids is 1. The van der Waals surface area contributed by atoms with E-state index in [0.717, 1.165) is 0 Å². The molecule has 2 aliphatic rings. The molecule has 96 valence electrons. The van der Waals surface area contributed by atoms with Crippen LogP contribution in [0.5, 0.6) is 0 Å². The fourth-order valence-electron chi connectivity index (χ4n) is 2.63. The Bertz CT molecular complexity index is 335. The number of amides is 1. The molecule has 1 amide bonds. The highest BCUT2D eigenvalue weighted by atomic mass is 16.6. The number of fused-ring (bicyclic) bond motifs is 1. The summed E-state index contributed by atoms with van der Waals surface area (Å²) in [5.41, 5.74) is -0.468. The summed E-state index contributed by atoms with van der Waals surface area (Å²) in [4.78, 5) is 24.0. The number of rotatable bonds is 2. The van der Waals surface area contributed by atoms with Gasteiger partial charge in [0.05, 0.1) is 0 Å². The maximum atomic E-state index is 11.7. The molecule has 0 aromatic heterocycles. The molecule has 0 radical (unpaired) electrons. The number of ether oxygens (including phenoxy) is 1. The number of aliphatic carboxylic acids is 1. The Hall–Kier alpha value is -1.26. The maximum Gasteiger partial charge on any atom is 0.410 e. The standard InChI is InChI=1S/C12H19NO4/c1-12(2,3)17-11(16)13-5-8-7(4-10(14)15)9(8)6-13/h7-9H,4-6H2,1-3H3,(H,14,15)/t7-,8-,9+.